The van der Waals surface area contributed by atoms with Gasteiger partial charge in [-0.05, 0) is 31.5 Å². The SMILES string of the molecule is CCCCCCCCCCCC(=O)O.Cc1c(OCC(F)(F)F)ccnc1CS(=O)c1nc2ccccc2[nH]1. The fourth-order valence-electron chi connectivity index (χ4n) is 3.84. The van der Waals surface area contributed by atoms with Gasteiger partial charge >= 0.3 is 12.1 Å². The Hall–Kier alpha value is -2.95. The molecule has 0 bridgehead atoms. The number of fused-ring (bicyclic) bond motifs is 1. The number of carboxylic acid groups (broad SMARTS) is 1. The van der Waals surface area contributed by atoms with E-state index in [0.717, 1.165) is 18.4 Å². The Morgan fingerprint density at radius 1 is 1.03 bits per heavy atom. The lowest BCUT2D eigenvalue weighted by Gasteiger charge is -2.13. The topological polar surface area (TPSA) is 105 Å². The summed E-state index contributed by atoms with van der Waals surface area (Å²) in [6, 6.07) is 8.62. The monoisotopic (exact) mass is 569 g/mol. The largest absolute Gasteiger partial charge is 0.484 e. The van der Waals surface area contributed by atoms with Crippen molar-refractivity contribution in [3.8, 4) is 5.75 Å². The molecule has 0 aliphatic heterocycles. The van der Waals surface area contributed by atoms with Gasteiger partial charge in [0.05, 0.1) is 33.3 Å². The first-order valence-electron chi connectivity index (χ1n) is 13.3. The number of aromatic amines is 1. The van der Waals surface area contributed by atoms with E-state index >= 15 is 0 Å². The number of H-pyrrole nitrogens is 1. The van der Waals surface area contributed by atoms with Crippen molar-refractivity contribution in [2.24, 2.45) is 0 Å². The minimum Gasteiger partial charge on any atom is -0.484 e. The number of aliphatic carboxylic acids is 1. The van der Waals surface area contributed by atoms with Crippen molar-refractivity contribution in [1.82, 2.24) is 15.0 Å². The quantitative estimate of drug-likeness (QED) is 0.184. The average Bonchev–Trinajstić information content (AvgIpc) is 3.33. The lowest BCUT2D eigenvalue weighted by molar-refractivity contribution is -0.153. The molecule has 216 valence electrons. The van der Waals surface area contributed by atoms with Crippen LogP contribution in [-0.2, 0) is 21.3 Å². The van der Waals surface area contributed by atoms with E-state index in [9.17, 15) is 22.2 Å². The number of ether oxygens (including phenoxy) is 1. The number of hydrogen-bond acceptors (Lipinski definition) is 5. The van der Waals surface area contributed by atoms with Crippen molar-refractivity contribution in [2.75, 3.05) is 6.61 Å². The Morgan fingerprint density at radius 3 is 2.28 bits per heavy atom. The van der Waals surface area contributed by atoms with Gasteiger partial charge in [0.2, 0.25) is 0 Å². The third-order valence-corrected chi connectivity index (χ3v) is 7.16. The van der Waals surface area contributed by atoms with E-state index in [1.54, 1.807) is 13.0 Å². The molecule has 2 aromatic heterocycles. The highest BCUT2D eigenvalue weighted by Gasteiger charge is 2.29. The van der Waals surface area contributed by atoms with Gasteiger partial charge in [-0.3, -0.25) is 14.0 Å². The molecule has 0 saturated heterocycles. The van der Waals surface area contributed by atoms with Crippen molar-refractivity contribution >= 4 is 27.8 Å². The van der Waals surface area contributed by atoms with Crippen LogP contribution in [0.5, 0.6) is 5.75 Å². The summed E-state index contributed by atoms with van der Waals surface area (Å²) in [6.07, 6.45) is 8.39. The standard InChI is InChI=1S/C16H14F3N3O2S.C12H24O2/c1-10-13(20-7-6-14(10)24-9-16(17,18)19)8-25(23)15-21-11-4-2-3-5-12(11)22-15;1-2-3-4-5-6-7-8-9-10-11-12(13)14/h2-7H,8-9H2,1H3,(H,21,22);2-11H2,1H3,(H,13,14). The molecule has 0 aliphatic rings. The van der Waals surface area contributed by atoms with Crippen LogP contribution in [0.2, 0.25) is 0 Å². The first kappa shape index (κ1) is 32.3. The second-order valence-corrected chi connectivity index (χ2v) is 10.7. The molecular weight excluding hydrogens is 531 g/mol. The number of carboxylic acids is 1. The third-order valence-electron chi connectivity index (χ3n) is 6.00. The molecule has 11 heteroatoms. The number of unbranched alkanes of at least 4 members (excludes halogenated alkanes) is 8. The van der Waals surface area contributed by atoms with Gasteiger partial charge in [-0.15, -0.1) is 0 Å². The van der Waals surface area contributed by atoms with Crippen molar-refractivity contribution in [2.45, 2.75) is 95.1 Å². The molecule has 39 heavy (non-hydrogen) atoms. The van der Waals surface area contributed by atoms with E-state index in [2.05, 4.69) is 21.9 Å². The molecule has 0 aliphatic carbocycles. The molecule has 0 spiro atoms. The minimum atomic E-state index is -4.42. The predicted molar refractivity (Wildman–Crippen MR) is 146 cm³/mol. The Labute approximate surface area is 230 Å². The number of halogens is 3. The third kappa shape index (κ3) is 12.6. The van der Waals surface area contributed by atoms with Crippen molar-refractivity contribution in [3.63, 3.8) is 0 Å². The molecule has 0 radical (unpaired) electrons. The van der Waals surface area contributed by atoms with E-state index in [0.29, 0.717) is 28.4 Å². The Balaban J connectivity index is 0.000000326. The van der Waals surface area contributed by atoms with E-state index < -0.39 is 29.6 Å². The van der Waals surface area contributed by atoms with Gasteiger partial charge in [0.15, 0.2) is 11.8 Å². The molecule has 7 nitrogen and oxygen atoms in total. The summed E-state index contributed by atoms with van der Waals surface area (Å²) in [4.78, 5) is 21.6. The fraction of sp³-hybridized carbons (Fsp3) is 0.536. The molecule has 2 N–H and O–H groups in total. The van der Waals surface area contributed by atoms with Crippen molar-refractivity contribution in [3.05, 3.63) is 47.8 Å². The number of benzene rings is 1. The van der Waals surface area contributed by atoms with Gasteiger partial charge in [0, 0.05) is 18.2 Å². The molecule has 3 rings (SSSR count). The number of imidazole rings is 1. The van der Waals surface area contributed by atoms with Gasteiger partial charge in [-0.2, -0.15) is 13.2 Å². The van der Waals surface area contributed by atoms with Gasteiger partial charge in [-0.25, -0.2) is 4.98 Å². The van der Waals surface area contributed by atoms with E-state index in [4.69, 9.17) is 9.84 Å². The molecule has 2 heterocycles. The summed E-state index contributed by atoms with van der Waals surface area (Å²) in [5.41, 5.74) is 2.28. The van der Waals surface area contributed by atoms with E-state index in [-0.39, 0.29) is 11.5 Å². The highest BCUT2D eigenvalue weighted by atomic mass is 32.2. The summed E-state index contributed by atoms with van der Waals surface area (Å²) in [5, 5.41) is 8.71. The number of nitrogens with one attached hydrogen (secondary N) is 1. The lowest BCUT2D eigenvalue weighted by atomic mass is 10.1. The van der Waals surface area contributed by atoms with Crippen LogP contribution in [0, 0.1) is 6.92 Å². The van der Waals surface area contributed by atoms with Crippen molar-refractivity contribution < 1.29 is 32.0 Å². The number of carbonyl (C=O) groups is 1. The summed E-state index contributed by atoms with van der Waals surface area (Å²) >= 11 is 0. The molecule has 0 amide bonds. The van der Waals surface area contributed by atoms with Crippen LogP contribution in [0.3, 0.4) is 0 Å². The van der Waals surface area contributed by atoms with Gasteiger partial charge in [0.1, 0.15) is 5.75 Å². The van der Waals surface area contributed by atoms with Gasteiger partial charge in [0.25, 0.3) is 0 Å². The number of rotatable bonds is 15. The van der Waals surface area contributed by atoms with Crippen molar-refractivity contribution in [1.29, 1.82) is 0 Å². The average molecular weight is 570 g/mol. The normalized spacial score (nSPS) is 12.1. The maximum atomic E-state index is 12.5. The van der Waals surface area contributed by atoms with Gasteiger partial charge < -0.3 is 14.8 Å². The van der Waals surface area contributed by atoms with Crippen LogP contribution in [-0.4, -0.2) is 43.0 Å². The number of nitrogens with zero attached hydrogens (tertiary/aromatic N) is 2. The zero-order valence-electron chi connectivity index (χ0n) is 22.6. The summed E-state index contributed by atoms with van der Waals surface area (Å²) in [5.74, 6) is -0.564. The second kappa shape index (κ2) is 16.9. The highest BCUT2D eigenvalue weighted by Crippen LogP contribution is 2.24. The number of para-hydroxylation sites is 2. The summed E-state index contributed by atoms with van der Waals surface area (Å²) < 4.78 is 54.2. The number of aromatic nitrogens is 3. The molecular formula is C28H38F3N3O4S. The molecule has 0 fully saturated rings. The highest BCUT2D eigenvalue weighted by molar-refractivity contribution is 7.84. The summed E-state index contributed by atoms with van der Waals surface area (Å²) in [7, 11) is -1.51. The molecule has 1 unspecified atom stereocenters. The van der Waals surface area contributed by atoms with Gasteiger partial charge in [-0.1, -0.05) is 70.4 Å². The number of pyridine rings is 1. The first-order valence-corrected chi connectivity index (χ1v) is 14.6. The molecule has 1 atom stereocenters. The summed E-state index contributed by atoms with van der Waals surface area (Å²) in [6.45, 7) is 2.43. The van der Waals surface area contributed by atoms with E-state index in [1.807, 2.05) is 18.2 Å². The Bertz CT molecular complexity index is 1150. The first-order chi connectivity index (χ1) is 18.6. The maximum Gasteiger partial charge on any atom is 0.422 e. The maximum absolute atomic E-state index is 12.5. The van der Waals surface area contributed by atoms with Crippen LogP contribution in [0.4, 0.5) is 13.2 Å². The molecule has 0 saturated carbocycles. The molecule has 1 aromatic carbocycles. The predicted octanol–water partition coefficient (Wildman–Crippen LogP) is 7.51. The fourth-order valence-corrected chi connectivity index (χ4v) is 4.94. The zero-order chi connectivity index (χ0) is 28.7. The van der Waals surface area contributed by atoms with Crippen LogP contribution in [0.15, 0.2) is 41.7 Å². The Morgan fingerprint density at radius 2 is 1.67 bits per heavy atom. The Kier molecular flexibility index (Phi) is 14.0. The van der Waals surface area contributed by atoms with E-state index in [1.165, 1.54) is 57.2 Å². The van der Waals surface area contributed by atoms with Crippen LogP contribution in [0.25, 0.3) is 11.0 Å². The zero-order valence-corrected chi connectivity index (χ0v) is 23.4. The van der Waals surface area contributed by atoms with Crippen LogP contribution in [0.1, 0.15) is 82.4 Å². The van der Waals surface area contributed by atoms with Crippen LogP contribution < -0.4 is 4.74 Å². The lowest BCUT2D eigenvalue weighted by Crippen LogP contribution is -2.19. The smallest absolute Gasteiger partial charge is 0.422 e. The van der Waals surface area contributed by atoms with Crippen LogP contribution >= 0.6 is 0 Å². The second-order valence-electron chi connectivity index (χ2n) is 9.31. The number of hydrogen-bond donors (Lipinski definition) is 2. The molecule has 3 aromatic rings. The minimum absolute atomic E-state index is 0.0227. The number of alkyl halides is 3.